The molecule has 2 rings (SSSR count). The molecular weight excluding hydrogens is 320 g/mol. The summed E-state index contributed by atoms with van der Waals surface area (Å²) in [5.74, 6) is 0.0991. The van der Waals surface area contributed by atoms with Gasteiger partial charge in [0.05, 0.1) is 15.9 Å². The molecule has 1 heterocycles. The number of sulfonamides is 1. The van der Waals surface area contributed by atoms with Gasteiger partial charge in [0.1, 0.15) is 5.02 Å². The van der Waals surface area contributed by atoms with Crippen LogP contribution < -0.4 is 4.72 Å². The van der Waals surface area contributed by atoms with Crippen LogP contribution in [0.5, 0.6) is 0 Å². The fourth-order valence-corrected chi connectivity index (χ4v) is 3.44. The van der Waals surface area contributed by atoms with E-state index in [1.165, 1.54) is 12.1 Å². The van der Waals surface area contributed by atoms with Crippen molar-refractivity contribution in [3.8, 4) is 0 Å². The summed E-state index contributed by atoms with van der Waals surface area (Å²) in [7, 11) is -3.81. The highest BCUT2D eigenvalue weighted by Gasteiger charge is 2.27. The standard InChI is InChI=1S/C12H15ClN2O5S/c1-8-9(4-5-20-8)7-14-21(18,19)10-2-3-11(13)12(6-10)15(16)17/h2-3,6,8-9,14H,4-5,7H2,1H3. The predicted octanol–water partition coefficient (Wildman–Crippen LogP) is 1.95. The zero-order chi connectivity index (χ0) is 15.6. The van der Waals surface area contributed by atoms with Crippen molar-refractivity contribution in [3.05, 3.63) is 33.3 Å². The van der Waals surface area contributed by atoms with Gasteiger partial charge in [-0.15, -0.1) is 0 Å². The third-order valence-electron chi connectivity index (χ3n) is 3.49. The molecule has 116 valence electrons. The van der Waals surface area contributed by atoms with E-state index >= 15 is 0 Å². The van der Waals surface area contributed by atoms with Crippen LogP contribution in [0, 0.1) is 16.0 Å². The first-order valence-corrected chi connectivity index (χ1v) is 8.22. The maximum Gasteiger partial charge on any atom is 0.289 e. The summed E-state index contributed by atoms with van der Waals surface area (Å²) in [5.41, 5.74) is -0.433. The molecule has 21 heavy (non-hydrogen) atoms. The first kappa shape index (κ1) is 16.2. The monoisotopic (exact) mass is 334 g/mol. The van der Waals surface area contributed by atoms with Crippen molar-refractivity contribution in [3.63, 3.8) is 0 Å². The first-order chi connectivity index (χ1) is 9.81. The Morgan fingerprint density at radius 3 is 2.81 bits per heavy atom. The maximum atomic E-state index is 12.2. The molecule has 0 radical (unpaired) electrons. The van der Waals surface area contributed by atoms with Crippen LogP contribution in [0.4, 0.5) is 5.69 Å². The van der Waals surface area contributed by atoms with E-state index < -0.39 is 20.6 Å². The normalized spacial score (nSPS) is 22.4. The Morgan fingerprint density at radius 1 is 1.52 bits per heavy atom. The quantitative estimate of drug-likeness (QED) is 0.655. The number of nitrogens with one attached hydrogen (secondary N) is 1. The Kier molecular flexibility index (Phi) is 4.82. The second-order valence-electron chi connectivity index (χ2n) is 4.85. The molecule has 1 aromatic carbocycles. The minimum absolute atomic E-state index is 0.00717. The van der Waals surface area contributed by atoms with E-state index in [9.17, 15) is 18.5 Å². The van der Waals surface area contributed by atoms with Crippen molar-refractivity contribution in [2.75, 3.05) is 13.2 Å². The second kappa shape index (κ2) is 6.27. The van der Waals surface area contributed by atoms with Crippen molar-refractivity contribution >= 4 is 27.3 Å². The summed E-state index contributed by atoms with van der Waals surface area (Å²) in [6.45, 7) is 2.74. The number of nitro benzene ring substituents is 1. The second-order valence-corrected chi connectivity index (χ2v) is 7.02. The fraction of sp³-hybridized carbons (Fsp3) is 0.500. The molecule has 2 unspecified atom stereocenters. The highest BCUT2D eigenvalue weighted by atomic mass is 35.5. The fourth-order valence-electron chi connectivity index (χ4n) is 2.14. The molecule has 0 aromatic heterocycles. The minimum atomic E-state index is -3.81. The molecule has 0 saturated carbocycles. The van der Waals surface area contributed by atoms with Gasteiger partial charge in [-0.1, -0.05) is 11.6 Å². The zero-order valence-electron chi connectivity index (χ0n) is 11.3. The van der Waals surface area contributed by atoms with Crippen LogP contribution in [0.25, 0.3) is 0 Å². The van der Waals surface area contributed by atoms with Crippen molar-refractivity contribution in [2.24, 2.45) is 5.92 Å². The predicted molar refractivity (Wildman–Crippen MR) is 76.8 cm³/mol. The maximum absolute atomic E-state index is 12.2. The number of hydrogen-bond donors (Lipinski definition) is 1. The van der Waals surface area contributed by atoms with Gasteiger partial charge in [0.2, 0.25) is 10.0 Å². The molecule has 7 nitrogen and oxygen atoms in total. The van der Waals surface area contributed by atoms with E-state index in [2.05, 4.69) is 4.72 Å². The van der Waals surface area contributed by atoms with Crippen LogP contribution in [0.2, 0.25) is 5.02 Å². The van der Waals surface area contributed by atoms with Crippen molar-refractivity contribution in [1.29, 1.82) is 0 Å². The van der Waals surface area contributed by atoms with Gasteiger partial charge in [0.15, 0.2) is 0 Å². The first-order valence-electron chi connectivity index (χ1n) is 6.36. The molecule has 1 fully saturated rings. The average molecular weight is 335 g/mol. The molecule has 1 aliphatic rings. The van der Waals surface area contributed by atoms with Crippen molar-refractivity contribution in [1.82, 2.24) is 4.72 Å². The van der Waals surface area contributed by atoms with Gasteiger partial charge in [-0.05, 0) is 25.5 Å². The summed E-state index contributed by atoms with van der Waals surface area (Å²) >= 11 is 5.67. The molecule has 9 heteroatoms. The lowest BCUT2D eigenvalue weighted by Gasteiger charge is -2.15. The molecule has 0 bridgehead atoms. The molecule has 0 amide bonds. The van der Waals surface area contributed by atoms with Crippen LogP contribution in [0.15, 0.2) is 23.1 Å². The smallest absolute Gasteiger partial charge is 0.289 e. The molecule has 0 aliphatic carbocycles. The summed E-state index contributed by atoms with van der Waals surface area (Å²) < 4.78 is 32.1. The van der Waals surface area contributed by atoms with Crippen molar-refractivity contribution < 1.29 is 18.1 Å². The summed E-state index contributed by atoms with van der Waals surface area (Å²) in [6, 6.07) is 3.40. The summed E-state index contributed by atoms with van der Waals surface area (Å²) in [5, 5.41) is 10.7. The Hall–Kier alpha value is -1.22. The average Bonchev–Trinajstić information content (AvgIpc) is 2.82. The van der Waals surface area contributed by atoms with Gasteiger partial charge in [-0.2, -0.15) is 0 Å². The minimum Gasteiger partial charge on any atom is -0.378 e. The van der Waals surface area contributed by atoms with Crippen molar-refractivity contribution in [2.45, 2.75) is 24.3 Å². The topological polar surface area (TPSA) is 98.5 Å². The third kappa shape index (κ3) is 3.70. The molecule has 1 saturated heterocycles. The highest BCUT2D eigenvalue weighted by Crippen LogP contribution is 2.27. The van der Waals surface area contributed by atoms with E-state index in [0.29, 0.717) is 6.61 Å². The van der Waals surface area contributed by atoms with Gasteiger partial charge in [-0.3, -0.25) is 10.1 Å². The van der Waals surface area contributed by atoms with Gasteiger partial charge in [0.25, 0.3) is 5.69 Å². The highest BCUT2D eigenvalue weighted by molar-refractivity contribution is 7.89. The largest absolute Gasteiger partial charge is 0.378 e. The molecule has 0 spiro atoms. The Balaban J connectivity index is 2.15. The number of rotatable bonds is 5. The van der Waals surface area contributed by atoms with E-state index in [4.69, 9.17) is 16.3 Å². The zero-order valence-corrected chi connectivity index (χ0v) is 12.9. The van der Waals surface area contributed by atoms with Gasteiger partial charge >= 0.3 is 0 Å². The van der Waals surface area contributed by atoms with Gasteiger partial charge in [0, 0.05) is 25.1 Å². The lowest BCUT2D eigenvalue weighted by Crippen LogP contribution is -2.32. The Bertz CT molecular complexity index is 649. The van der Waals surface area contributed by atoms with Crippen LogP contribution in [0.3, 0.4) is 0 Å². The number of nitrogens with zero attached hydrogens (tertiary/aromatic N) is 1. The number of benzene rings is 1. The molecule has 1 aromatic rings. The SMILES string of the molecule is CC1OCCC1CNS(=O)(=O)c1ccc(Cl)c([N+](=O)[O-])c1. The molecule has 1 N–H and O–H groups in total. The number of nitro groups is 1. The van der Waals surface area contributed by atoms with E-state index in [1.54, 1.807) is 0 Å². The van der Waals surface area contributed by atoms with Crippen LogP contribution >= 0.6 is 11.6 Å². The van der Waals surface area contributed by atoms with E-state index in [1.807, 2.05) is 6.92 Å². The van der Waals surface area contributed by atoms with Gasteiger partial charge in [-0.25, -0.2) is 13.1 Å². The van der Waals surface area contributed by atoms with E-state index in [-0.39, 0.29) is 28.5 Å². The Labute approximate surface area is 127 Å². The van der Waals surface area contributed by atoms with Gasteiger partial charge < -0.3 is 4.74 Å². The number of halogens is 1. The van der Waals surface area contributed by atoms with Crippen LogP contribution in [-0.2, 0) is 14.8 Å². The summed E-state index contributed by atoms with van der Waals surface area (Å²) in [4.78, 5) is 9.91. The molecule has 1 aliphatic heterocycles. The van der Waals surface area contributed by atoms with Crippen LogP contribution in [-0.4, -0.2) is 32.6 Å². The lowest BCUT2D eigenvalue weighted by molar-refractivity contribution is -0.384. The lowest BCUT2D eigenvalue weighted by atomic mass is 10.0. The third-order valence-corrected chi connectivity index (χ3v) is 5.23. The Morgan fingerprint density at radius 2 is 2.24 bits per heavy atom. The molecular formula is C12H15ClN2O5S. The number of ether oxygens (including phenoxy) is 1. The number of hydrogen-bond acceptors (Lipinski definition) is 5. The van der Waals surface area contributed by atoms with E-state index in [0.717, 1.165) is 12.5 Å². The molecule has 2 atom stereocenters. The van der Waals surface area contributed by atoms with Crippen LogP contribution in [0.1, 0.15) is 13.3 Å². The summed E-state index contributed by atoms with van der Waals surface area (Å²) in [6.07, 6.45) is 0.775.